The van der Waals surface area contributed by atoms with E-state index in [2.05, 4.69) is 23.6 Å². The third kappa shape index (κ3) is 2.58. The van der Waals surface area contributed by atoms with Crippen molar-refractivity contribution in [1.29, 1.82) is 0 Å². The lowest BCUT2D eigenvalue weighted by Gasteiger charge is -2.14. The molecule has 2 nitrogen and oxygen atoms in total. The Kier molecular flexibility index (Phi) is 3.78. The molecule has 0 amide bonds. The van der Waals surface area contributed by atoms with Crippen LogP contribution < -0.4 is 11.3 Å². The van der Waals surface area contributed by atoms with Crippen molar-refractivity contribution in [3.05, 3.63) is 70.9 Å². The van der Waals surface area contributed by atoms with Crippen molar-refractivity contribution in [3.8, 4) is 0 Å². The lowest BCUT2D eigenvalue weighted by Crippen LogP contribution is -2.29. The van der Waals surface area contributed by atoms with E-state index in [1.165, 1.54) is 16.2 Å². The highest BCUT2D eigenvalue weighted by atomic mass is 32.1. The van der Waals surface area contributed by atoms with Gasteiger partial charge in [-0.1, -0.05) is 36.4 Å². The molecule has 0 saturated carbocycles. The van der Waals surface area contributed by atoms with Crippen molar-refractivity contribution in [2.24, 2.45) is 5.84 Å². The van der Waals surface area contributed by atoms with Gasteiger partial charge in [-0.2, -0.15) is 0 Å². The normalized spacial score (nSPS) is 12.7. The number of hydrogen-bond donors (Lipinski definition) is 2. The first kappa shape index (κ1) is 13.2. The summed E-state index contributed by atoms with van der Waals surface area (Å²) in [6.07, 6.45) is 0.538. The molecule has 0 fully saturated rings. The molecular formula is C16H15FN2S. The fourth-order valence-corrected chi connectivity index (χ4v) is 3.42. The number of nitrogens with one attached hydrogen (secondary N) is 1. The van der Waals surface area contributed by atoms with E-state index in [4.69, 9.17) is 5.84 Å². The van der Waals surface area contributed by atoms with Crippen LogP contribution in [0.25, 0.3) is 10.1 Å². The third-order valence-electron chi connectivity index (χ3n) is 3.37. The fourth-order valence-electron chi connectivity index (χ4n) is 2.30. The molecule has 3 rings (SSSR count). The number of nitrogens with two attached hydrogens (primary N) is 1. The van der Waals surface area contributed by atoms with Crippen LogP contribution in [-0.2, 0) is 6.42 Å². The highest BCUT2D eigenvalue weighted by Crippen LogP contribution is 2.31. The molecule has 0 saturated heterocycles. The quantitative estimate of drug-likeness (QED) is 0.565. The summed E-state index contributed by atoms with van der Waals surface area (Å²) in [5.41, 5.74) is 3.47. The summed E-state index contributed by atoms with van der Waals surface area (Å²) in [4.78, 5) is 1.12. The van der Waals surface area contributed by atoms with Crippen molar-refractivity contribution < 1.29 is 4.39 Å². The van der Waals surface area contributed by atoms with E-state index >= 15 is 0 Å². The molecular weight excluding hydrogens is 271 g/mol. The first-order valence-corrected chi connectivity index (χ1v) is 7.27. The smallest absolute Gasteiger partial charge is 0.126 e. The minimum Gasteiger partial charge on any atom is -0.271 e. The van der Waals surface area contributed by atoms with Crippen LogP contribution in [0.1, 0.15) is 16.5 Å². The van der Waals surface area contributed by atoms with Crippen LogP contribution >= 0.6 is 11.3 Å². The van der Waals surface area contributed by atoms with Crippen molar-refractivity contribution in [2.45, 2.75) is 12.5 Å². The molecule has 20 heavy (non-hydrogen) atoms. The van der Waals surface area contributed by atoms with Crippen molar-refractivity contribution >= 4 is 21.4 Å². The number of hydrazine groups is 1. The van der Waals surface area contributed by atoms with Gasteiger partial charge in [0.2, 0.25) is 0 Å². The molecule has 0 bridgehead atoms. The topological polar surface area (TPSA) is 38.0 Å². The van der Waals surface area contributed by atoms with Crippen LogP contribution in [0.4, 0.5) is 4.39 Å². The zero-order valence-corrected chi connectivity index (χ0v) is 11.7. The van der Waals surface area contributed by atoms with Gasteiger partial charge in [0.25, 0.3) is 0 Å². The Morgan fingerprint density at radius 2 is 1.85 bits per heavy atom. The van der Waals surface area contributed by atoms with Gasteiger partial charge >= 0.3 is 0 Å². The lowest BCUT2D eigenvalue weighted by molar-refractivity contribution is 0.535. The van der Waals surface area contributed by atoms with Gasteiger partial charge in [0.15, 0.2) is 0 Å². The largest absolute Gasteiger partial charge is 0.271 e. The summed E-state index contributed by atoms with van der Waals surface area (Å²) < 4.78 is 15.0. The molecule has 1 heterocycles. The molecule has 1 atom stereocenters. The Bertz CT molecular complexity index is 690. The highest BCUT2D eigenvalue weighted by molar-refractivity contribution is 7.19. The summed E-state index contributed by atoms with van der Waals surface area (Å²) in [6, 6.07) is 17.0. The molecule has 1 aromatic heterocycles. The van der Waals surface area contributed by atoms with Crippen LogP contribution in [0.15, 0.2) is 54.6 Å². The van der Waals surface area contributed by atoms with Crippen LogP contribution in [0, 0.1) is 5.82 Å². The molecule has 0 aliphatic carbocycles. The van der Waals surface area contributed by atoms with Gasteiger partial charge in [-0.05, 0) is 35.6 Å². The Labute approximate surface area is 121 Å². The summed E-state index contributed by atoms with van der Waals surface area (Å²) in [6.45, 7) is 0. The Hall–Kier alpha value is -1.75. The van der Waals surface area contributed by atoms with E-state index in [-0.39, 0.29) is 11.9 Å². The molecule has 0 radical (unpaired) electrons. The van der Waals surface area contributed by atoms with Gasteiger partial charge in [-0.15, -0.1) is 11.3 Å². The summed E-state index contributed by atoms with van der Waals surface area (Å²) in [7, 11) is 0. The number of halogens is 1. The van der Waals surface area contributed by atoms with E-state index in [0.717, 1.165) is 4.88 Å². The van der Waals surface area contributed by atoms with Crippen LogP contribution in [-0.4, -0.2) is 0 Å². The Morgan fingerprint density at radius 3 is 2.60 bits per heavy atom. The molecule has 0 aliphatic heterocycles. The Morgan fingerprint density at radius 1 is 1.10 bits per heavy atom. The standard InChI is InChI=1S/C16H15FN2S/c17-13-7-3-1-5-11(13)9-14(19-18)16-10-12-6-2-4-8-15(12)20-16/h1-8,10,14,19H,9,18H2. The maximum atomic E-state index is 13.7. The van der Waals surface area contributed by atoms with Crippen LogP contribution in [0.3, 0.4) is 0 Å². The van der Waals surface area contributed by atoms with E-state index in [1.807, 2.05) is 18.2 Å². The minimum atomic E-state index is -0.186. The first-order valence-electron chi connectivity index (χ1n) is 6.46. The zero-order chi connectivity index (χ0) is 13.9. The van der Waals surface area contributed by atoms with Gasteiger partial charge in [0.1, 0.15) is 5.82 Å². The predicted octanol–water partition coefficient (Wildman–Crippen LogP) is 3.79. The molecule has 102 valence electrons. The molecule has 3 N–H and O–H groups in total. The van der Waals surface area contributed by atoms with Gasteiger partial charge < -0.3 is 0 Å². The molecule has 2 aromatic carbocycles. The minimum absolute atomic E-state index is 0.0794. The van der Waals surface area contributed by atoms with Gasteiger partial charge in [0, 0.05) is 9.58 Å². The molecule has 0 spiro atoms. The second kappa shape index (κ2) is 5.71. The SMILES string of the molecule is NNC(Cc1ccccc1F)c1cc2ccccc2s1. The maximum absolute atomic E-state index is 13.7. The van der Waals surface area contributed by atoms with E-state index in [1.54, 1.807) is 23.5 Å². The second-order valence-electron chi connectivity index (χ2n) is 4.70. The average Bonchev–Trinajstić information content (AvgIpc) is 2.90. The van der Waals surface area contributed by atoms with E-state index in [9.17, 15) is 4.39 Å². The monoisotopic (exact) mass is 286 g/mol. The van der Waals surface area contributed by atoms with E-state index in [0.29, 0.717) is 12.0 Å². The average molecular weight is 286 g/mol. The third-order valence-corrected chi connectivity index (χ3v) is 4.60. The Balaban J connectivity index is 1.91. The fraction of sp³-hybridized carbons (Fsp3) is 0.125. The second-order valence-corrected chi connectivity index (χ2v) is 5.82. The summed E-state index contributed by atoms with van der Waals surface area (Å²) in [5, 5.41) is 1.20. The van der Waals surface area contributed by atoms with Crippen molar-refractivity contribution in [1.82, 2.24) is 5.43 Å². The number of thiophene rings is 1. The summed E-state index contributed by atoms with van der Waals surface area (Å²) >= 11 is 1.69. The highest BCUT2D eigenvalue weighted by Gasteiger charge is 2.15. The van der Waals surface area contributed by atoms with Crippen LogP contribution in [0.2, 0.25) is 0 Å². The van der Waals surface area contributed by atoms with Gasteiger partial charge in [-0.3, -0.25) is 11.3 Å². The number of benzene rings is 2. The van der Waals surface area contributed by atoms with Crippen molar-refractivity contribution in [2.75, 3.05) is 0 Å². The molecule has 1 unspecified atom stereocenters. The van der Waals surface area contributed by atoms with Crippen molar-refractivity contribution in [3.63, 3.8) is 0 Å². The van der Waals surface area contributed by atoms with Gasteiger partial charge in [-0.25, -0.2) is 4.39 Å². The molecule has 0 aliphatic rings. The maximum Gasteiger partial charge on any atom is 0.126 e. The number of fused-ring (bicyclic) bond motifs is 1. The zero-order valence-electron chi connectivity index (χ0n) is 10.8. The summed E-state index contributed by atoms with van der Waals surface area (Å²) in [5.74, 6) is 5.47. The van der Waals surface area contributed by atoms with Crippen LogP contribution in [0.5, 0.6) is 0 Å². The molecule has 3 aromatic rings. The molecule has 4 heteroatoms. The predicted molar refractivity (Wildman–Crippen MR) is 82.0 cm³/mol. The van der Waals surface area contributed by atoms with Gasteiger partial charge in [0.05, 0.1) is 6.04 Å². The van der Waals surface area contributed by atoms with E-state index < -0.39 is 0 Å². The number of hydrogen-bond acceptors (Lipinski definition) is 3. The lowest BCUT2D eigenvalue weighted by atomic mass is 10.0. The first-order chi connectivity index (χ1) is 9.78. The number of rotatable bonds is 4.